The van der Waals surface area contributed by atoms with Crippen LogP contribution in [0, 0.1) is 20.8 Å². The van der Waals surface area contributed by atoms with Crippen LogP contribution in [0.15, 0.2) is 35.2 Å². The molecule has 7 heteroatoms. The van der Waals surface area contributed by atoms with Gasteiger partial charge in [0.25, 0.3) is 5.91 Å². The molecule has 3 amide bonds. The van der Waals surface area contributed by atoms with Crippen LogP contribution >= 0.6 is 11.8 Å². The molecule has 1 aliphatic rings. The van der Waals surface area contributed by atoms with Crippen molar-refractivity contribution < 1.29 is 14.4 Å². The molecule has 1 heterocycles. The van der Waals surface area contributed by atoms with E-state index in [1.165, 1.54) is 0 Å². The molecule has 0 radical (unpaired) electrons. The molecule has 0 saturated carbocycles. The minimum absolute atomic E-state index is 0.0629. The first kappa shape index (κ1) is 19.9. The number of amides is 3. The zero-order valence-corrected chi connectivity index (χ0v) is 17.0. The maximum absolute atomic E-state index is 12.4. The van der Waals surface area contributed by atoms with E-state index in [4.69, 9.17) is 0 Å². The third-order valence-electron chi connectivity index (χ3n) is 4.45. The maximum Gasteiger partial charge on any atom is 0.251 e. The van der Waals surface area contributed by atoms with E-state index < -0.39 is 0 Å². The molecule has 0 saturated heterocycles. The summed E-state index contributed by atoms with van der Waals surface area (Å²) >= 11 is 1.58. The Morgan fingerprint density at radius 3 is 2.54 bits per heavy atom. The summed E-state index contributed by atoms with van der Waals surface area (Å²) in [4.78, 5) is 37.3. The van der Waals surface area contributed by atoms with E-state index in [1.54, 1.807) is 23.9 Å². The second-order valence-corrected chi connectivity index (χ2v) is 8.00. The second-order valence-electron chi connectivity index (χ2n) is 6.86. The molecule has 3 N–H and O–H groups in total. The van der Waals surface area contributed by atoms with E-state index >= 15 is 0 Å². The molecular formula is C21H23N3O3S. The lowest BCUT2D eigenvalue weighted by molar-refractivity contribution is -0.116. The molecule has 0 fully saturated rings. The van der Waals surface area contributed by atoms with Crippen LogP contribution in [-0.2, 0) is 9.59 Å². The van der Waals surface area contributed by atoms with E-state index in [-0.39, 0.29) is 24.3 Å². The summed E-state index contributed by atoms with van der Waals surface area (Å²) in [6.07, 6.45) is 0.443. The highest BCUT2D eigenvalue weighted by Crippen LogP contribution is 2.31. The topological polar surface area (TPSA) is 87.3 Å². The molecule has 2 aromatic rings. The van der Waals surface area contributed by atoms with Gasteiger partial charge in [-0.2, -0.15) is 0 Å². The van der Waals surface area contributed by atoms with E-state index in [1.807, 2.05) is 39.0 Å². The summed E-state index contributed by atoms with van der Waals surface area (Å²) in [5.41, 5.74) is 4.91. The predicted octanol–water partition coefficient (Wildman–Crippen LogP) is 3.41. The van der Waals surface area contributed by atoms with Crippen LogP contribution in [0.2, 0.25) is 0 Å². The van der Waals surface area contributed by atoms with Gasteiger partial charge in [0.05, 0.1) is 12.2 Å². The lowest BCUT2D eigenvalue weighted by Crippen LogP contribution is -2.33. The minimum Gasteiger partial charge on any atom is -0.343 e. The van der Waals surface area contributed by atoms with Gasteiger partial charge in [-0.15, -0.1) is 11.8 Å². The van der Waals surface area contributed by atoms with Crippen LogP contribution in [0.5, 0.6) is 0 Å². The quantitative estimate of drug-likeness (QED) is 0.738. The van der Waals surface area contributed by atoms with Gasteiger partial charge in [-0.1, -0.05) is 17.7 Å². The molecule has 28 heavy (non-hydrogen) atoms. The van der Waals surface area contributed by atoms with Crippen molar-refractivity contribution in [3.63, 3.8) is 0 Å². The molecule has 0 bridgehead atoms. The molecule has 0 spiro atoms. The lowest BCUT2D eigenvalue weighted by Gasteiger charge is -2.13. The smallest absolute Gasteiger partial charge is 0.251 e. The molecule has 0 unspecified atom stereocenters. The first-order chi connectivity index (χ1) is 13.3. The number of fused-ring (bicyclic) bond motifs is 1. The number of anilines is 2. The Labute approximate surface area is 168 Å². The highest BCUT2D eigenvalue weighted by molar-refractivity contribution is 7.99. The van der Waals surface area contributed by atoms with Gasteiger partial charge >= 0.3 is 0 Å². The average molecular weight is 398 g/mol. The van der Waals surface area contributed by atoms with Crippen LogP contribution in [0.25, 0.3) is 0 Å². The molecule has 6 nitrogen and oxygen atoms in total. The van der Waals surface area contributed by atoms with Gasteiger partial charge in [0.2, 0.25) is 11.8 Å². The van der Waals surface area contributed by atoms with Gasteiger partial charge in [-0.05, 0) is 50.1 Å². The van der Waals surface area contributed by atoms with Gasteiger partial charge in [0, 0.05) is 28.3 Å². The fourth-order valence-electron chi connectivity index (χ4n) is 3.18. The van der Waals surface area contributed by atoms with Crippen LogP contribution in [-0.4, -0.2) is 30.0 Å². The molecule has 146 valence electrons. The summed E-state index contributed by atoms with van der Waals surface area (Å²) in [5.74, 6) is -0.00426. The third kappa shape index (κ3) is 4.72. The largest absolute Gasteiger partial charge is 0.343 e. The Balaban J connectivity index is 1.63. The molecule has 2 aromatic carbocycles. The number of rotatable bonds is 4. The lowest BCUT2D eigenvalue weighted by atomic mass is 10.1. The number of hydrogen-bond donors (Lipinski definition) is 3. The van der Waals surface area contributed by atoms with Gasteiger partial charge in [-0.25, -0.2) is 0 Å². The van der Waals surface area contributed by atoms with Crippen molar-refractivity contribution >= 4 is 40.9 Å². The first-order valence-electron chi connectivity index (χ1n) is 9.06. The highest BCUT2D eigenvalue weighted by Gasteiger charge is 2.16. The van der Waals surface area contributed by atoms with Crippen molar-refractivity contribution in [2.24, 2.45) is 0 Å². The zero-order chi connectivity index (χ0) is 20.3. The van der Waals surface area contributed by atoms with Crippen molar-refractivity contribution in [3.8, 4) is 0 Å². The number of carbonyl (C=O) groups is 3. The minimum atomic E-state index is -0.362. The van der Waals surface area contributed by atoms with Crippen molar-refractivity contribution in [2.45, 2.75) is 32.1 Å². The predicted molar refractivity (Wildman–Crippen MR) is 112 cm³/mol. The van der Waals surface area contributed by atoms with E-state index in [0.29, 0.717) is 23.4 Å². The Morgan fingerprint density at radius 1 is 1.11 bits per heavy atom. The Kier molecular flexibility index (Phi) is 6.04. The number of thioether (sulfide) groups is 1. The normalized spacial score (nSPS) is 13.2. The van der Waals surface area contributed by atoms with Crippen molar-refractivity contribution in [1.29, 1.82) is 0 Å². The fourth-order valence-corrected chi connectivity index (χ4v) is 4.12. The standard InChI is InChI=1S/C21H23N3O3S/c1-12-8-13(2)20(14(3)9-12)24-19(26)11-22-21(27)15-4-5-17-16(10-15)23-18(25)6-7-28-17/h4-5,8-10H,6-7,11H2,1-3H3,(H,22,27)(H,23,25)(H,24,26). The molecule has 0 aromatic heterocycles. The Bertz CT molecular complexity index is 933. The van der Waals surface area contributed by atoms with Crippen molar-refractivity contribution in [1.82, 2.24) is 5.32 Å². The Hall–Kier alpha value is -2.80. The average Bonchev–Trinajstić information content (AvgIpc) is 2.82. The third-order valence-corrected chi connectivity index (χ3v) is 5.53. The van der Waals surface area contributed by atoms with E-state index in [2.05, 4.69) is 16.0 Å². The number of aryl methyl sites for hydroxylation is 3. The maximum atomic E-state index is 12.4. The van der Waals surface area contributed by atoms with Gasteiger partial charge in [0.15, 0.2) is 0 Å². The van der Waals surface area contributed by atoms with Crippen LogP contribution in [0.3, 0.4) is 0 Å². The van der Waals surface area contributed by atoms with Crippen LogP contribution in [0.4, 0.5) is 11.4 Å². The van der Waals surface area contributed by atoms with Crippen LogP contribution < -0.4 is 16.0 Å². The van der Waals surface area contributed by atoms with Gasteiger partial charge in [-0.3, -0.25) is 14.4 Å². The molecule has 0 aliphatic carbocycles. The fraction of sp³-hybridized carbons (Fsp3) is 0.286. The first-order valence-corrected chi connectivity index (χ1v) is 10.0. The monoisotopic (exact) mass is 397 g/mol. The van der Waals surface area contributed by atoms with Crippen LogP contribution in [0.1, 0.15) is 33.5 Å². The second kappa shape index (κ2) is 8.48. The summed E-state index contributed by atoms with van der Waals surface area (Å²) in [7, 11) is 0. The zero-order valence-electron chi connectivity index (χ0n) is 16.1. The SMILES string of the molecule is Cc1cc(C)c(NC(=O)CNC(=O)c2ccc3c(c2)NC(=O)CCS3)c(C)c1. The van der Waals surface area contributed by atoms with E-state index in [9.17, 15) is 14.4 Å². The summed E-state index contributed by atoms with van der Waals surface area (Å²) < 4.78 is 0. The molecule has 3 rings (SSSR count). The van der Waals surface area contributed by atoms with Gasteiger partial charge in [0.1, 0.15) is 0 Å². The number of nitrogens with one attached hydrogen (secondary N) is 3. The van der Waals surface area contributed by atoms with E-state index in [0.717, 1.165) is 27.3 Å². The number of benzene rings is 2. The van der Waals surface area contributed by atoms with Crippen molar-refractivity contribution in [2.75, 3.05) is 22.9 Å². The summed E-state index contributed by atoms with van der Waals surface area (Å²) in [6, 6.07) is 9.17. The summed E-state index contributed by atoms with van der Waals surface area (Å²) in [5, 5.41) is 8.31. The number of carbonyl (C=O) groups excluding carboxylic acids is 3. The Morgan fingerprint density at radius 2 is 1.82 bits per heavy atom. The summed E-state index contributed by atoms with van der Waals surface area (Å²) in [6.45, 7) is 5.75. The molecule has 1 aliphatic heterocycles. The molecular weight excluding hydrogens is 374 g/mol. The van der Waals surface area contributed by atoms with Crippen molar-refractivity contribution in [3.05, 3.63) is 52.6 Å². The number of hydrogen-bond acceptors (Lipinski definition) is 4. The molecule has 0 atom stereocenters. The van der Waals surface area contributed by atoms with Gasteiger partial charge < -0.3 is 16.0 Å². The highest BCUT2D eigenvalue weighted by atomic mass is 32.2.